The predicted molar refractivity (Wildman–Crippen MR) is 150 cm³/mol. The van der Waals surface area contributed by atoms with Crippen LogP contribution in [0.15, 0.2) is 24.3 Å². The van der Waals surface area contributed by atoms with E-state index >= 15 is 0 Å². The molecule has 0 saturated heterocycles. The van der Waals surface area contributed by atoms with Gasteiger partial charge in [-0.15, -0.1) is 0 Å². The third-order valence-corrected chi connectivity index (χ3v) is 8.59. The molecule has 2 aromatic carbocycles. The summed E-state index contributed by atoms with van der Waals surface area (Å²) in [7, 11) is 6.20. The fourth-order valence-electron chi connectivity index (χ4n) is 2.86. The number of hydrogen-bond donors (Lipinski definition) is 4. The fraction of sp³-hybridized carbons (Fsp3) is 0.455. The first-order chi connectivity index (χ1) is 16.5. The summed E-state index contributed by atoms with van der Waals surface area (Å²) in [5.41, 5.74) is 1.13. The topological polar surface area (TPSA) is 55.4 Å². The standard InChI is InChI=1S/2C11H14ClO3S2.Ni/c2*1-13-5-6-15-8-4-3-7(11(16)17)9(12)10(8)14-2;/h2*3-4,16-17H,5-6H2,1-2H3;. The van der Waals surface area contributed by atoms with Gasteiger partial charge in [-0.05, 0) is 0 Å². The second kappa shape index (κ2) is 14.3. The van der Waals surface area contributed by atoms with Crippen LogP contribution in [-0.2, 0) is 30.0 Å². The van der Waals surface area contributed by atoms with Crippen molar-refractivity contribution >= 4 is 73.7 Å². The van der Waals surface area contributed by atoms with Gasteiger partial charge in [0, 0.05) is 0 Å². The monoisotopic (exact) mass is 644 g/mol. The molecule has 0 spiro atoms. The summed E-state index contributed by atoms with van der Waals surface area (Å²) in [5, 5.41) is 0.599. The zero-order chi connectivity index (χ0) is 26.2. The molecule has 0 saturated carbocycles. The number of benzene rings is 2. The van der Waals surface area contributed by atoms with E-state index in [0.717, 1.165) is 14.4 Å². The van der Waals surface area contributed by atoms with E-state index in [1.165, 1.54) is 14.2 Å². The number of halogens is 2. The van der Waals surface area contributed by atoms with E-state index in [4.69, 9.17) is 102 Å². The van der Waals surface area contributed by atoms with Crippen LogP contribution in [0, 0.1) is 0 Å². The van der Waals surface area contributed by atoms with Crippen LogP contribution in [0.4, 0.5) is 0 Å². The average Bonchev–Trinajstić information content (AvgIpc) is 2.78. The number of rotatable bonds is 14. The Labute approximate surface area is 244 Å². The van der Waals surface area contributed by atoms with Crippen molar-refractivity contribution in [3.05, 3.63) is 45.4 Å². The fourth-order valence-corrected chi connectivity index (χ4v) is 8.57. The number of hydrogen-bond acceptors (Lipinski definition) is 10. The van der Waals surface area contributed by atoms with Crippen molar-refractivity contribution < 1.29 is 42.9 Å². The molecule has 0 bridgehead atoms. The molecule has 0 aliphatic carbocycles. The zero-order valence-corrected chi connectivity index (χ0v) is 25.5. The van der Waals surface area contributed by atoms with Gasteiger partial charge in [0.05, 0.1) is 0 Å². The molecule has 0 N–H and O–H groups in total. The molecule has 6 nitrogen and oxygen atoms in total. The molecule has 0 heterocycles. The first kappa shape index (κ1) is 31.3. The Morgan fingerprint density at radius 1 is 0.657 bits per heavy atom. The van der Waals surface area contributed by atoms with Gasteiger partial charge >= 0.3 is 246 Å². The third-order valence-electron chi connectivity index (χ3n) is 4.49. The predicted octanol–water partition coefficient (Wildman–Crippen LogP) is 5.78. The van der Waals surface area contributed by atoms with Gasteiger partial charge in [0.25, 0.3) is 0 Å². The first-order valence-corrected chi connectivity index (χ1v) is 13.5. The van der Waals surface area contributed by atoms with Gasteiger partial charge < -0.3 is 0 Å². The summed E-state index contributed by atoms with van der Waals surface area (Å²) < 4.78 is 30.1. The van der Waals surface area contributed by atoms with Crippen LogP contribution in [0.2, 0.25) is 10.0 Å². The molecule has 200 valence electrons. The quantitative estimate of drug-likeness (QED) is 0.0905. The summed E-state index contributed by atoms with van der Waals surface area (Å²) in [6.45, 7) is 1.52. The zero-order valence-electron chi connectivity index (χ0n) is 19.4. The minimum absolute atomic E-state index is 0.300. The molecule has 0 atom stereocenters. The van der Waals surface area contributed by atoms with Crippen molar-refractivity contribution in [2.75, 3.05) is 54.9 Å². The van der Waals surface area contributed by atoms with E-state index in [1.807, 2.05) is 0 Å². The summed E-state index contributed by atoms with van der Waals surface area (Å²) in [5.74, 6) is 1.67. The Morgan fingerprint density at radius 2 is 1.03 bits per heavy atom. The van der Waals surface area contributed by atoms with E-state index in [9.17, 15) is 0 Å². The molecule has 0 radical (unpaired) electrons. The SMILES string of the molecule is COCCOc1ccc([C](S)(S)[Ni][C](S)(S)c2ccc(OCCOC)c(OC)c2Cl)c(Cl)c1OC. The Kier molecular flexibility index (Phi) is 12.7. The first-order valence-electron chi connectivity index (χ1n) is 10.0. The Balaban J connectivity index is 2.37. The average molecular weight is 646 g/mol. The van der Waals surface area contributed by atoms with Crippen LogP contribution in [-0.4, -0.2) is 54.9 Å². The molecule has 0 aliphatic heterocycles. The van der Waals surface area contributed by atoms with Crippen LogP contribution >= 0.6 is 73.7 Å². The van der Waals surface area contributed by atoms with Crippen LogP contribution in [0.3, 0.4) is 0 Å². The number of thiol groups is 4. The molecule has 13 heteroatoms. The maximum absolute atomic E-state index is 6.68. The molecular formula is C22H28Cl2NiO6S4. The van der Waals surface area contributed by atoms with Crippen LogP contribution in [0.5, 0.6) is 23.0 Å². The van der Waals surface area contributed by atoms with Crippen molar-refractivity contribution in [3.63, 3.8) is 0 Å². The molecule has 0 aromatic heterocycles. The van der Waals surface area contributed by atoms with E-state index < -0.39 is 6.10 Å². The van der Waals surface area contributed by atoms with E-state index in [-0.39, 0.29) is 0 Å². The van der Waals surface area contributed by atoms with Gasteiger partial charge in [0.15, 0.2) is 0 Å². The maximum atomic E-state index is 6.68. The van der Waals surface area contributed by atoms with Gasteiger partial charge in [-0.1, -0.05) is 0 Å². The normalized spacial score (nSPS) is 12.1. The van der Waals surface area contributed by atoms with Crippen LogP contribution in [0.25, 0.3) is 0 Å². The molecular weight excluding hydrogens is 618 g/mol. The molecule has 0 aliphatic rings. The van der Waals surface area contributed by atoms with Crippen molar-refractivity contribution in [2.24, 2.45) is 0 Å². The van der Waals surface area contributed by atoms with Crippen molar-refractivity contribution in [1.82, 2.24) is 0 Å². The van der Waals surface area contributed by atoms with E-state index in [1.54, 1.807) is 38.5 Å². The van der Waals surface area contributed by atoms with E-state index in [2.05, 4.69) is 0 Å². The number of methoxy groups -OCH3 is 4. The van der Waals surface area contributed by atoms with Crippen LogP contribution < -0.4 is 18.9 Å². The summed E-state index contributed by atoms with van der Waals surface area (Å²) >= 11 is 33.4. The Morgan fingerprint density at radius 3 is 1.34 bits per heavy atom. The molecule has 0 unspecified atom stereocenters. The second-order valence-corrected chi connectivity index (χ2v) is 14.0. The molecule has 2 aromatic rings. The van der Waals surface area contributed by atoms with Crippen molar-refractivity contribution in [2.45, 2.75) is 6.10 Å². The van der Waals surface area contributed by atoms with Gasteiger partial charge in [-0.2, -0.15) is 0 Å². The Hall–Kier alpha value is 0.0335. The molecule has 2 rings (SSSR count). The van der Waals surface area contributed by atoms with Crippen molar-refractivity contribution in [3.8, 4) is 23.0 Å². The van der Waals surface area contributed by atoms with E-state index in [0.29, 0.717) is 70.6 Å². The molecule has 0 fully saturated rings. The summed E-state index contributed by atoms with van der Waals surface area (Å²) in [4.78, 5) is 0. The minimum atomic E-state index is -1.14. The van der Waals surface area contributed by atoms with Gasteiger partial charge in [-0.3, -0.25) is 0 Å². The van der Waals surface area contributed by atoms with Crippen molar-refractivity contribution in [1.29, 1.82) is 0 Å². The van der Waals surface area contributed by atoms with Gasteiger partial charge in [0.2, 0.25) is 0 Å². The second-order valence-electron chi connectivity index (χ2n) is 6.77. The summed E-state index contributed by atoms with van der Waals surface area (Å²) in [6.07, 6.45) is 0. The van der Waals surface area contributed by atoms with Gasteiger partial charge in [-0.25, -0.2) is 0 Å². The summed E-state index contributed by atoms with van der Waals surface area (Å²) in [6, 6.07) is 7.00. The Bertz CT molecular complexity index is 919. The third kappa shape index (κ3) is 8.01. The van der Waals surface area contributed by atoms with Crippen LogP contribution in [0.1, 0.15) is 11.1 Å². The molecule has 35 heavy (non-hydrogen) atoms. The number of ether oxygens (including phenoxy) is 6. The molecule has 0 amide bonds. The van der Waals surface area contributed by atoms with Gasteiger partial charge in [0.1, 0.15) is 0 Å².